The van der Waals surface area contributed by atoms with E-state index in [1.165, 1.54) is 17.2 Å². The number of hydrogen-bond donors (Lipinski definition) is 1. The third-order valence-corrected chi connectivity index (χ3v) is 5.53. The standard InChI is InChI=1S/C19H22FNOS2/c1-15-6-2-3-7-16(15)12-24-14-19(22)21-10-11-23-13-17-8-4-5-9-18(17)20/h2-9H,10-14H2,1H3,(H,21,22). The summed E-state index contributed by atoms with van der Waals surface area (Å²) in [4.78, 5) is 11.8. The van der Waals surface area contributed by atoms with Gasteiger partial charge in [0.15, 0.2) is 0 Å². The molecular weight excluding hydrogens is 341 g/mol. The van der Waals surface area contributed by atoms with Crippen LogP contribution in [0.5, 0.6) is 0 Å². The number of aryl methyl sites for hydroxylation is 1. The molecule has 0 aliphatic rings. The molecule has 0 saturated carbocycles. The summed E-state index contributed by atoms with van der Waals surface area (Å²) in [7, 11) is 0. The van der Waals surface area contributed by atoms with Gasteiger partial charge in [0.25, 0.3) is 0 Å². The quantitative estimate of drug-likeness (QED) is 0.669. The number of amides is 1. The first-order chi connectivity index (χ1) is 11.7. The molecule has 0 aromatic heterocycles. The third kappa shape index (κ3) is 6.57. The van der Waals surface area contributed by atoms with Gasteiger partial charge in [0, 0.05) is 23.8 Å². The Morgan fingerprint density at radius 2 is 1.67 bits per heavy atom. The summed E-state index contributed by atoms with van der Waals surface area (Å²) < 4.78 is 13.4. The first-order valence-corrected chi connectivity index (χ1v) is 10.2. The van der Waals surface area contributed by atoms with E-state index < -0.39 is 0 Å². The van der Waals surface area contributed by atoms with Crippen LogP contribution in [0, 0.1) is 12.7 Å². The summed E-state index contributed by atoms with van der Waals surface area (Å²) >= 11 is 3.25. The van der Waals surface area contributed by atoms with Crippen LogP contribution in [0.4, 0.5) is 4.39 Å². The third-order valence-electron chi connectivity index (χ3n) is 3.54. The number of thioether (sulfide) groups is 2. The number of carbonyl (C=O) groups excluding carboxylic acids is 1. The molecule has 2 aromatic carbocycles. The molecule has 0 spiro atoms. The number of nitrogens with one attached hydrogen (secondary N) is 1. The first kappa shape index (κ1) is 18.9. The predicted molar refractivity (Wildman–Crippen MR) is 103 cm³/mol. The zero-order valence-corrected chi connectivity index (χ0v) is 15.4. The Kier molecular flexibility index (Phi) is 8.19. The van der Waals surface area contributed by atoms with Gasteiger partial charge in [-0.25, -0.2) is 4.39 Å². The topological polar surface area (TPSA) is 29.1 Å². The van der Waals surface area contributed by atoms with Gasteiger partial charge in [0.1, 0.15) is 5.82 Å². The van der Waals surface area contributed by atoms with Gasteiger partial charge in [-0.1, -0.05) is 42.5 Å². The maximum Gasteiger partial charge on any atom is 0.230 e. The van der Waals surface area contributed by atoms with Crippen molar-refractivity contribution in [3.63, 3.8) is 0 Å². The fourth-order valence-electron chi connectivity index (χ4n) is 2.14. The van der Waals surface area contributed by atoms with Crippen molar-refractivity contribution < 1.29 is 9.18 Å². The molecule has 0 aliphatic carbocycles. The van der Waals surface area contributed by atoms with Crippen molar-refractivity contribution in [2.45, 2.75) is 18.4 Å². The summed E-state index contributed by atoms with van der Waals surface area (Å²) in [5.74, 6) is 2.61. The van der Waals surface area contributed by atoms with E-state index in [9.17, 15) is 9.18 Å². The van der Waals surface area contributed by atoms with Crippen molar-refractivity contribution in [2.24, 2.45) is 0 Å². The van der Waals surface area contributed by atoms with Crippen LogP contribution in [0.15, 0.2) is 48.5 Å². The molecule has 0 saturated heterocycles. The lowest BCUT2D eigenvalue weighted by Gasteiger charge is -2.07. The Morgan fingerprint density at radius 1 is 1.00 bits per heavy atom. The molecule has 24 heavy (non-hydrogen) atoms. The van der Waals surface area contributed by atoms with Gasteiger partial charge in [-0.2, -0.15) is 11.8 Å². The maximum absolute atomic E-state index is 13.4. The summed E-state index contributed by atoms with van der Waals surface area (Å²) in [6.07, 6.45) is 0. The highest BCUT2D eigenvalue weighted by Gasteiger charge is 2.04. The molecule has 2 nitrogen and oxygen atoms in total. The second kappa shape index (κ2) is 10.4. The maximum atomic E-state index is 13.4. The van der Waals surface area contributed by atoms with Gasteiger partial charge < -0.3 is 5.32 Å². The molecular formula is C19H22FNOS2. The SMILES string of the molecule is Cc1ccccc1CSCC(=O)NCCSCc1ccccc1F. The zero-order valence-electron chi connectivity index (χ0n) is 13.8. The van der Waals surface area contributed by atoms with Crippen molar-refractivity contribution in [3.05, 3.63) is 71.0 Å². The van der Waals surface area contributed by atoms with Crippen LogP contribution in [0.2, 0.25) is 0 Å². The van der Waals surface area contributed by atoms with E-state index in [2.05, 4.69) is 24.4 Å². The Balaban J connectivity index is 1.55. The monoisotopic (exact) mass is 363 g/mol. The van der Waals surface area contributed by atoms with Crippen LogP contribution in [0.1, 0.15) is 16.7 Å². The fraction of sp³-hybridized carbons (Fsp3) is 0.316. The highest BCUT2D eigenvalue weighted by atomic mass is 32.2. The molecule has 0 radical (unpaired) electrons. The predicted octanol–water partition coefficient (Wildman–Crippen LogP) is 4.42. The highest BCUT2D eigenvalue weighted by Crippen LogP contribution is 2.16. The fourth-order valence-corrected chi connectivity index (χ4v) is 3.92. The number of hydrogen-bond acceptors (Lipinski definition) is 3. The Labute approximate surface area is 151 Å². The van der Waals surface area contributed by atoms with E-state index in [0.717, 1.165) is 11.5 Å². The molecule has 0 fully saturated rings. The van der Waals surface area contributed by atoms with Crippen LogP contribution < -0.4 is 5.32 Å². The second-order valence-electron chi connectivity index (χ2n) is 5.41. The van der Waals surface area contributed by atoms with Crippen molar-refractivity contribution in [1.29, 1.82) is 0 Å². The molecule has 2 aromatic rings. The van der Waals surface area contributed by atoms with Crippen LogP contribution in [-0.4, -0.2) is 24.0 Å². The average Bonchev–Trinajstić information content (AvgIpc) is 2.58. The molecule has 1 N–H and O–H groups in total. The Morgan fingerprint density at radius 3 is 2.42 bits per heavy atom. The van der Waals surface area contributed by atoms with Crippen molar-refractivity contribution in [2.75, 3.05) is 18.1 Å². The highest BCUT2D eigenvalue weighted by molar-refractivity contribution is 7.99. The van der Waals surface area contributed by atoms with Gasteiger partial charge in [-0.15, -0.1) is 11.8 Å². The molecule has 5 heteroatoms. The van der Waals surface area contributed by atoms with E-state index in [1.54, 1.807) is 35.7 Å². The molecule has 2 rings (SSSR count). The van der Waals surface area contributed by atoms with Gasteiger partial charge in [-0.3, -0.25) is 4.79 Å². The normalized spacial score (nSPS) is 10.6. The molecule has 0 atom stereocenters. The van der Waals surface area contributed by atoms with Gasteiger partial charge in [0.2, 0.25) is 5.91 Å². The van der Waals surface area contributed by atoms with E-state index in [-0.39, 0.29) is 11.7 Å². The smallest absolute Gasteiger partial charge is 0.230 e. The average molecular weight is 364 g/mol. The van der Waals surface area contributed by atoms with E-state index in [4.69, 9.17) is 0 Å². The summed E-state index contributed by atoms with van der Waals surface area (Å²) in [5.41, 5.74) is 3.24. The largest absolute Gasteiger partial charge is 0.355 e. The number of carbonyl (C=O) groups is 1. The first-order valence-electron chi connectivity index (χ1n) is 7.87. The van der Waals surface area contributed by atoms with Crippen LogP contribution in [0.3, 0.4) is 0 Å². The number of halogens is 1. The van der Waals surface area contributed by atoms with Gasteiger partial charge >= 0.3 is 0 Å². The lowest BCUT2D eigenvalue weighted by molar-refractivity contribution is -0.118. The minimum atomic E-state index is -0.165. The number of benzene rings is 2. The molecule has 0 unspecified atom stereocenters. The van der Waals surface area contributed by atoms with Crippen molar-refractivity contribution in [1.82, 2.24) is 5.32 Å². The number of rotatable bonds is 9. The van der Waals surface area contributed by atoms with E-state index in [0.29, 0.717) is 23.6 Å². The zero-order chi connectivity index (χ0) is 17.2. The lowest BCUT2D eigenvalue weighted by atomic mass is 10.1. The Bertz CT molecular complexity index is 663. The van der Waals surface area contributed by atoms with Crippen LogP contribution in [-0.2, 0) is 16.3 Å². The van der Waals surface area contributed by atoms with Crippen LogP contribution >= 0.6 is 23.5 Å². The van der Waals surface area contributed by atoms with E-state index in [1.807, 2.05) is 18.2 Å². The van der Waals surface area contributed by atoms with Crippen molar-refractivity contribution in [3.8, 4) is 0 Å². The Hall–Kier alpha value is -1.46. The minimum absolute atomic E-state index is 0.0556. The summed E-state index contributed by atoms with van der Waals surface area (Å²) in [6, 6.07) is 15.0. The van der Waals surface area contributed by atoms with Gasteiger partial charge in [0.05, 0.1) is 5.75 Å². The van der Waals surface area contributed by atoms with E-state index >= 15 is 0 Å². The van der Waals surface area contributed by atoms with Gasteiger partial charge in [-0.05, 0) is 29.7 Å². The lowest BCUT2D eigenvalue weighted by Crippen LogP contribution is -2.27. The van der Waals surface area contributed by atoms with Crippen LogP contribution in [0.25, 0.3) is 0 Å². The summed E-state index contributed by atoms with van der Waals surface area (Å²) in [6.45, 7) is 2.70. The molecule has 0 aliphatic heterocycles. The summed E-state index contributed by atoms with van der Waals surface area (Å²) in [5, 5.41) is 2.91. The second-order valence-corrected chi connectivity index (χ2v) is 7.50. The molecule has 1 amide bonds. The molecule has 0 bridgehead atoms. The van der Waals surface area contributed by atoms with Crippen molar-refractivity contribution >= 4 is 29.4 Å². The molecule has 0 heterocycles. The minimum Gasteiger partial charge on any atom is -0.355 e. The molecule has 128 valence electrons.